The molecule has 2 saturated heterocycles. The molecule has 6 atom stereocenters. The van der Waals surface area contributed by atoms with Gasteiger partial charge in [-0.3, -0.25) is 9.59 Å². The molecule has 2 aliphatic heterocycles. The van der Waals surface area contributed by atoms with Crippen LogP contribution in [-0.4, -0.2) is 35.5 Å². The molecular weight excluding hydrogens is 376 g/mol. The molecule has 2 aliphatic carbocycles. The molecule has 2 heterocycles. The Morgan fingerprint density at radius 1 is 1.00 bits per heavy atom. The minimum Gasteiger partial charge on any atom is -0.343 e. The Morgan fingerprint density at radius 3 is 2.36 bits per heavy atom. The Bertz CT molecular complexity index is 576. The molecule has 158 valence electrons. The summed E-state index contributed by atoms with van der Waals surface area (Å²) in [5, 5.41) is 5.99. The first-order valence-electron chi connectivity index (χ1n) is 10.9. The van der Waals surface area contributed by atoms with Crippen molar-refractivity contribution >= 4 is 23.6 Å². The first-order chi connectivity index (χ1) is 13.5. The van der Waals surface area contributed by atoms with Crippen molar-refractivity contribution in [3.8, 4) is 0 Å². The summed E-state index contributed by atoms with van der Waals surface area (Å²) < 4.78 is 5.76. The second-order valence-electron chi connectivity index (χ2n) is 9.15. The number of hydrogen-bond acceptors (Lipinski definition) is 6. The van der Waals surface area contributed by atoms with Crippen molar-refractivity contribution < 1.29 is 14.3 Å². The molecule has 4 N–H and O–H groups in total. The van der Waals surface area contributed by atoms with Crippen LogP contribution in [-0.2, 0) is 14.3 Å². The first kappa shape index (κ1) is 20.4. The smallest absolute Gasteiger partial charge is 0.229 e. The van der Waals surface area contributed by atoms with Crippen LogP contribution in [0.2, 0.25) is 0 Å². The van der Waals surface area contributed by atoms with Crippen LogP contribution in [0, 0.1) is 29.6 Å². The van der Waals surface area contributed by atoms with Gasteiger partial charge in [0, 0.05) is 5.92 Å². The van der Waals surface area contributed by atoms with Gasteiger partial charge >= 0.3 is 0 Å². The second-order valence-corrected chi connectivity index (χ2v) is 10.4. The normalized spacial score (nSPS) is 40.5. The van der Waals surface area contributed by atoms with Gasteiger partial charge in [0.05, 0.1) is 11.3 Å². The van der Waals surface area contributed by atoms with Gasteiger partial charge in [-0.1, -0.05) is 39.5 Å². The lowest BCUT2D eigenvalue weighted by Crippen LogP contribution is -2.50. The molecule has 6 unspecified atom stereocenters. The third kappa shape index (κ3) is 4.50. The topological polar surface area (TPSA) is 91.5 Å². The summed E-state index contributed by atoms with van der Waals surface area (Å²) in [4.78, 5) is 25.6. The van der Waals surface area contributed by atoms with E-state index in [9.17, 15) is 9.59 Å². The van der Waals surface area contributed by atoms with Gasteiger partial charge in [0.2, 0.25) is 18.2 Å². The van der Waals surface area contributed by atoms with Crippen LogP contribution in [0.15, 0.2) is 0 Å². The van der Waals surface area contributed by atoms with Gasteiger partial charge in [-0.25, -0.2) is 10.9 Å². The summed E-state index contributed by atoms with van der Waals surface area (Å²) in [5.74, 6) is 2.71. The number of amides is 2. The molecule has 4 rings (SSSR count). The van der Waals surface area contributed by atoms with E-state index in [4.69, 9.17) is 4.74 Å². The fourth-order valence-electron chi connectivity index (χ4n) is 5.21. The highest BCUT2D eigenvalue weighted by molar-refractivity contribution is 8.00. The molecule has 0 aromatic heterocycles. The third-order valence-electron chi connectivity index (χ3n) is 6.84. The number of thioether (sulfide) groups is 1. The molecule has 0 aromatic rings. The van der Waals surface area contributed by atoms with Crippen LogP contribution in [0.25, 0.3) is 0 Å². The van der Waals surface area contributed by atoms with Crippen LogP contribution in [0.4, 0.5) is 0 Å². The van der Waals surface area contributed by atoms with Crippen LogP contribution in [0.1, 0.15) is 58.8 Å². The highest BCUT2D eigenvalue weighted by Gasteiger charge is 2.42. The minimum absolute atomic E-state index is 0.0564. The number of hydrogen-bond donors (Lipinski definition) is 4. The molecule has 28 heavy (non-hydrogen) atoms. The van der Waals surface area contributed by atoms with E-state index in [-0.39, 0.29) is 35.3 Å². The van der Waals surface area contributed by atoms with E-state index >= 15 is 0 Å². The lowest BCUT2D eigenvalue weighted by Gasteiger charge is -2.24. The van der Waals surface area contributed by atoms with E-state index in [2.05, 4.69) is 35.3 Å². The van der Waals surface area contributed by atoms with E-state index in [1.165, 1.54) is 25.7 Å². The van der Waals surface area contributed by atoms with E-state index in [1.807, 2.05) is 0 Å². The molecule has 0 aromatic carbocycles. The van der Waals surface area contributed by atoms with E-state index in [1.54, 1.807) is 11.8 Å². The van der Waals surface area contributed by atoms with Crippen LogP contribution in [0.3, 0.4) is 0 Å². The molecule has 0 spiro atoms. The monoisotopic (exact) mass is 410 g/mol. The minimum atomic E-state index is -0.528. The number of carbonyl (C=O) groups is 2. The van der Waals surface area contributed by atoms with Crippen LogP contribution >= 0.6 is 11.8 Å². The second kappa shape index (κ2) is 8.90. The van der Waals surface area contributed by atoms with Crippen molar-refractivity contribution in [2.75, 3.05) is 5.75 Å². The van der Waals surface area contributed by atoms with Crippen molar-refractivity contribution in [3.05, 3.63) is 0 Å². The average Bonchev–Trinajstić information content (AvgIpc) is 3.40. The van der Waals surface area contributed by atoms with E-state index in [0.29, 0.717) is 5.92 Å². The summed E-state index contributed by atoms with van der Waals surface area (Å²) in [6, 6.07) is 0. The Kier molecular flexibility index (Phi) is 6.50. The maximum absolute atomic E-state index is 12.9. The lowest BCUT2D eigenvalue weighted by molar-refractivity contribution is -0.131. The summed E-state index contributed by atoms with van der Waals surface area (Å²) >= 11 is 1.69. The Balaban J connectivity index is 1.27. The third-order valence-corrected chi connectivity index (χ3v) is 8.12. The molecule has 4 aliphatic rings. The molecule has 0 bridgehead atoms. The predicted molar refractivity (Wildman–Crippen MR) is 109 cm³/mol. The number of ether oxygens (including phenoxy) is 1. The van der Waals surface area contributed by atoms with Crippen molar-refractivity contribution in [2.45, 2.75) is 76.7 Å². The summed E-state index contributed by atoms with van der Waals surface area (Å²) in [7, 11) is 0. The number of nitrogens with one attached hydrogen (secondary N) is 4. The van der Waals surface area contributed by atoms with E-state index in [0.717, 1.165) is 36.9 Å². The maximum Gasteiger partial charge on any atom is 0.229 e. The number of fused-ring (bicyclic) bond motifs is 1. The molecule has 0 radical (unpaired) electrons. The zero-order valence-electron chi connectivity index (χ0n) is 16.9. The SMILES string of the molecule is CC(C)C1NNC(NC(=O)C2CCSC2NC(=O)C2CC3CCCCC3C2)O1. The number of hydrazine groups is 1. The Hall–Kier alpha value is -0.830. The van der Waals surface area contributed by atoms with Crippen LogP contribution < -0.4 is 21.5 Å². The van der Waals surface area contributed by atoms with Crippen molar-refractivity contribution in [1.29, 1.82) is 0 Å². The quantitative estimate of drug-likeness (QED) is 0.553. The van der Waals surface area contributed by atoms with Crippen molar-refractivity contribution in [2.24, 2.45) is 29.6 Å². The zero-order valence-corrected chi connectivity index (χ0v) is 17.7. The van der Waals surface area contributed by atoms with E-state index < -0.39 is 6.35 Å². The standard InChI is InChI=1S/C20H34N4O3S/c1-11(2)18-23-24-20(27-18)22-17(26)15-7-8-28-19(15)21-16(25)14-9-12-5-3-4-6-13(12)10-14/h11-15,18-20,23-24H,3-10H2,1-2H3,(H,21,25)(H,22,26). The van der Waals surface area contributed by atoms with Gasteiger partial charge in [0.25, 0.3) is 0 Å². The summed E-state index contributed by atoms with van der Waals surface area (Å²) in [5.41, 5.74) is 6.02. The summed E-state index contributed by atoms with van der Waals surface area (Å²) in [6.45, 7) is 4.11. The van der Waals surface area contributed by atoms with Gasteiger partial charge < -0.3 is 15.4 Å². The van der Waals surface area contributed by atoms with Gasteiger partial charge in [-0.15, -0.1) is 11.8 Å². The van der Waals surface area contributed by atoms with Gasteiger partial charge in [0.1, 0.15) is 6.23 Å². The fourth-order valence-corrected chi connectivity index (χ4v) is 6.54. The fraction of sp³-hybridized carbons (Fsp3) is 0.900. The van der Waals surface area contributed by atoms with Crippen molar-refractivity contribution in [3.63, 3.8) is 0 Å². The first-order valence-corrected chi connectivity index (χ1v) is 11.9. The van der Waals surface area contributed by atoms with Gasteiger partial charge in [-0.05, 0) is 42.8 Å². The lowest BCUT2D eigenvalue weighted by atomic mass is 9.82. The molecule has 2 amide bonds. The van der Waals surface area contributed by atoms with Gasteiger partial charge in [-0.2, -0.15) is 0 Å². The Morgan fingerprint density at radius 2 is 1.71 bits per heavy atom. The highest BCUT2D eigenvalue weighted by atomic mass is 32.2. The zero-order chi connectivity index (χ0) is 19.7. The van der Waals surface area contributed by atoms with Gasteiger partial charge in [0.15, 0.2) is 0 Å². The molecule has 8 heteroatoms. The molecule has 7 nitrogen and oxygen atoms in total. The largest absolute Gasteiger partial charge is 0.343 e. The highest BCUT2D eigenvalue weighted by Crippen LogP contribution is 2.45. The van der Waals surface area contributed by atoms with Crippen molar-refractivity contribution in [1.82, 2.24) is 21.5 Å². The maximum atomic E-state index is 12.9. The average molecular weight is 411 g/mol. The number of carbonyl (C=O) groups excluding carboxylic acids is 2. The summed E-state index contributed by atoms with van der Waals surface area (Å²) in [6.07, 6.45) is 7.42. The molecule has 4 fully saturated rings. The van der Waals surface area contributed by atoms with Crippen LogP contribution in [0.5, 0.6) is 0 Å². The number of rotatable bonds is 5. The molecule has 2 saturated carbocycles. The Labute approximate surface area is 171 Å². The predicted octanol–water partition coefficient (Wildman–Crippen LogP) is 1.90. The molecular formula is C20H34N4O3S.